The molecule has 78 valence electrons. The van der Waals surface area contributed by atoms with Gasteiger partial charge in [-0.05, 0) is 36.5 Å². The molecule has 3 aliphatic rings. The van der Waals surface area contributed by atoms with Gasteiger partial charge in [-0.3, -0.25) is 0 Å². The van der Waals surface area contributed by atoms with Crippen molar-refractivity contribution in [3.8, 4) is 0 Å². The molecule has 3 aliphatic carbocycles. The van der Waals surface area contributed by atoms with Crippen molar-refractivity contribution in [3.63, 3.8) is 0 Å². The fraction of sp³-hybridized carbons (Fsp3) is 0.857. The van der Waals surface area contributed by atoms with E-state index >= 15 is 0 Å². The standard InChI is InChI=1S/C14H22/c1-2-7-14(12-8-9-12)13(6-1)10-11-4-3-5-11/h8-9,11-14H,1-7,10H2. The van der Waals surface area contributed by atoms with Crippen LogP contribution in [-0.2, 0) is 0 Å². The minimum absolute atomic E-state index is 0.931. The summed E-state index contributed by atoms with van der Waals surface area (Å²) in [5, 5.41) is 0. The molecule has 0 amide bonds. The van der Waals surface area contributed by atoms with Crippen LogP contribution < -0.4 is 0 Å². The highest BCUT2D eigenvalue weighted by molar-refractivity contribution is 5.16. The molecule has 0 aromatic heterocycles. The Morgan fingerprint density at radius 2 is 1.64 bits per heavy atom. The van der Waals surface area contributed by atoms with E-state index in [1.165, 1.54) is 25.7 Å². The van der Waals surface area contributed by atoms with Gasteiger partial charge in [0, 0.05) is 0 Å². The first-order valence-corrected chi connectivity index (χ1v) is 6.62. The molecule has 0 aromatic carbocycles. The zero-order chi connectivity index (χ0) is 9.38. The van der Waals surface area contributed by atoms with E-state index in [4.69, 9.17) is 0 Å². The zero-order valence-corrected chi connectivity index (χ0v) is 9.12. The molecule has 2 saturated carbocycles. The third-order valence-corrected chi connectivity index (χ3v) is 4.74. The molecular weight excluding hydrogens is 168 g/mol. The predicted molar refractivity (Wildman–Crippen MR) is 60.0 cm³/mol. The van der Waals surface area contributed by atoms with Crippen molar-refractivity contribution in [2.24, 2.45) is 23.7 Å². The van der Waals surface area contributed by atoms with Crippen molar-refractivity contribution in [2.75, 3.05) is 0 Å². The smallest absolute Gasteiger partial charge is 0.00221 e. The lowest BCUT2D eigenvalue weighted by molar-refractivity contribution is 0.150. The third kappa shape index (κ3) is 1.76. The largest absolute Gasteiger partial charge is 0.0807 e. The average molecular weight is 190 g/mol. The summed E-state index contributed by atoms with van der Waals surface area (Å²) in [5.74, 6) is 4.21. The lowest BCUT2D eigenvalue weighted by Gasteiger charge is -2.37. The van der Waals surface area contributed by atoms with Gasteiger partial charge >= 0.3 is 0 Å². The Hall–Kier alpha value is -0.260. The van der Waals surface area contributed by atoms with Crippen LogP contribution >= 0.6 is 0 Å². The van der Waals surface area contributed by atoms with Gasteiger partial charge in [-0.25, -0.2) is 0 Å². The van der Waals surface area contributed by atoms with Gasteiger partial charge in [-0.1, -0.05) is 50.7 Å². The summed E-state index contributed by atoms with van der Waals surface area (Å²) in [4.78, 5) is 0. The molecule has 2 atom stereocenters. The number of rotatable bonds is 3. The van der Waals surface area contributed by atoms with Gasteiger partial charge in [-0.2, -0.15) is 0 Å². The molecule has 0 N–H and O–H groups in total. The van der Waals surface area contributed by atoms with Crippen LogP contribution in [0.2, 0.25) is 0 Å². The van der Waals surface area contributed by atoms with Crippen LogP contribution in [0.4, 0.5) is 0 Å². The Balaban J connectivity index is 1.56. The normalized spacial score (nSPS) is 38.3. The lowest BCUT2D eigenvalue weighted by atomic mass is 9.69. The monoisotopic (exact) mass is 190 g/mol. The molecule has 2 unspecified atom stereocenters. The van der Waals surface area contributed by atoms with Crippen molar-refractivity contribution in [1.29, 1.82) is 0 Å². The van der Waals surface area contributed by atoms with E-state index < -0.39 is 0 Å². The Kier molecular flexibility index (Phi) is 2.39. The first kappa shape index (κ1) is 9.00. The van der Waals surface area contributed by atoms with Gasteiger partial charge in [0.1, 0.15) is 0 Å². The molecule has 0 bridgehead atoms. The van der Waals surface area contributed by atoms with Crippen molar-refractivity contribution >= 4 is 0 Å². The molecule has 3 rings (SSSR count). The maximum atomic E-state index is 2.43. The minimum Gasteiger partial charge on any atom is -0.0807 e. The SMILES string of the molecule is C1=CC1C1CCCCC1CC1CCC1. The first-order chi connectivity index (χ1) is 6.93. The fourth-order valence-corrected chi connectivity index (χ4v) is 3.54. The lowest BCUT2D eigenvalue weighted by Crippen LogP contribution is -2.26. The molecule has 0 spiro atoms. The van der Waals surface area contributed by atoms with Gasteiger partial charge in [-0.15, -0.1) is 0 Å². The summed E-state index contributed by atoms with van der Waals surface area (Å²) in [7, 11) is 0. The van der Waals surface area contributed by atoms with Gasteiger partial charge in [0.05, 0.1) is 0 Å². The highest BCUT2D eigenvalue weighted by Crippen LogP contribution is 2.46. The van der Waals surface area contributed by atoms with Crippen LogP contribution in [0.3, 0.4) is 0 Å². The predicted octanol–water partition coefficient (Wildman–Crippen LogP) is 4.17. The molecule has 0 heterocycles. The van der Waals surface area contributed by atoms with E-state index in [2.05, 4.69) is 12.2 Å². The summed E-state index contributed by atoms with van der Waals surface area (Å²) in [6.45, 7) is 0. The van der Waals surface area contributed by atoms with E-state index in [0.717, 1.165) is 23.7 Å². The average Bonchev–Trinajstić information content (AvgIpc) is 2.95. The molecule has 0 saturated heterocycles. The fourth-order valence-electron chi connectivity index (χ4n) is 3.54. The van der Waals surface area contributed by atoms with Crippen molar-refractivity contribution < 1.29 is 0 Å². The molecule has 0 heteroatoms. The van der Waals surface area contributed by atoms with Gasteiger partial charge in [0.15, 0.2) is 0 Å². The first-order valence-electron chi connectivity index (χ1n) is 6.62. The van der Waals surface area contributed by atoms with Gasteiger partial charge in [0.2, 0.25) is 0 Å². The van der Waals surface area contributed by atoms with Crippen LogP contribution in [0.25, 0.3) is 0 Å². The Morgan fingerprint density at radius 1 is 0.857 bits per heavy atom. The molecule has 0 radical (unpaired) electrons. The van der Waals surface area contributed by atoms with Crippen LogP contribution in [0.1, 0.15) is 51.4 Å². The Morgan fingerprint density at radius 3 is 2.29 bits per heavy atom. The quantitative estimate of drug-likeness (QED) is 0.586. The maximum absolute atomic E-state index is 2.43. The third-order valence-electron chi connectivity index (χ3n) is 4.74. The summed E-state index contributed by atoms with van der Waals surface area (Å²) in [6.07, 6.45) is 17.1. The Bertz CT molecular complexity index is 218. The second kappa shape index (κ2) is 3.72. The van der Waals surface area contributed by atoms with Crippen molar-refractivity contribution in [1.82, 2.24) is 0 Å². The number of allylic oxidation sites excluding steroid dienone is 2. The highest BCUT2D eigenvalue weighted by atomic mass is 14.4. The van der Waals surface area contributed by atoms with E-state index in [9.17, 15) is 0 Å². The summed E-state index contributed by atoms with van der Waals surface area (Å²) in [5.41, 5.74) is 0. The minimum atomic E-state index is 0.931. The van der Waals surface area contributed by atoms with Crippen LogP contribution in [0.5, 0.6) is 0 Å². The Labute approximate surface area is 87.8 Å². The summed E-state index contributed by atoms with van der Waals surface area (Å²) >= 11 is 0. The zero-order valence-electron chi connectivity index (χ0n) is 9.12. The number of hydrogen-bond acceptors (Lipinski definition) is 0. The van der Waals surface area contributed by atoms with E-state index in [0.29, 0.717) is 0 Å². The van der Waals surface area contributed by atoms with Crippen LogP contribution in [0.15, 0.2) is 12.2 Å². The van der Waals surface area contributed by atoms with E-state index in [-0.39, 0.29) is 0 Å². The van der Waals surface area contributed by atoms with Gasteiger partial charge < -0.3 is 0 Å². The van der Waals surface area contributed by atoms with Crippen LogP contribution in [-0.4, -0.2) is 0 Å². The molecule has 14 heavy (non-hydrogen) atoms. The van der Waals surface area contributed by atoms with Crippen molar-refractivity contribution in [3.05, 3.63) is 12.2 Å². The number of hydrogen-bond donors (Lipinski definition) is 0. The summed E-state index contributed by atoms with van der Waals surface area (Å²) in [6, 6.07) is 0. The maximum Gasteiger partial charge on any atom is -0.00221 e. The van der Waals surface area contributed by atoms with Crippen LogP contribution in [0, 0.1) is 23.7 Å². The molecule has 0 nitrogen and oxygen atoms in total. The summed E-state index contributed by atoms with van der Waals surface area (Å²) < 4.78 is 0. The second-order valence-corrected chi connectivity index (χ2v) is 5.70. The van der Waals surface area contributed by atoms with Crippen molar-refractivity contribution in [2.45, 2.75) is 51.4 Å². The molecular formula is C14H22. The van der Waals surface area contributed by atoms with E-state index in [1.807, 2.05) is 0 Å². The molecule has 2 fully saturated rings. The highest BCUT2D eigenvalue weighted by Gasteiger charge is 2.35. The molecule has 0 aromatic rings. The van der Waals surface area contributed by atoms with E-state index in [1.54, 1.807) is 25.7 Å². The molecule has 0 aliphatic heterocycles. The van der Waals surface area contributed by atoms with Gasteiger partial charge in [0.25, 0.3) is 0 Å². The topological polar surface area (TPSA) is 0 Å². The second-order valence-electron chi connectivity index (χ2n) is 5.70.